The van der Waals surface area contributed by atoms with Crippen LogP contribution in [0.25, 0.3) is 0 Å². The maximum atomic E-state index is 12.2. The number of benzene rings is 2. The summed E-state index contributed by atoms with van der Waals surface area (Å²) in [5.74, 6) is -0.175. The summed E-state index contributed by atoms with van der Waals surface area (Å²) in [6.07, 6.45) is 1.69. The summed E-state index contributed by atoms with van der Waals surface area (Å²) < 4.78 is 0. The zero-order valence-corrected chi connectivity index (χ0v) is 15.4. The Bertz CT molecular complexity index is 716. The van der Waals surface area contributed by atoms with Gasteiger partial charge in [-0.05, 0) is 43.5 Å². The Labute approximate surface area is 155 Å². The van der Waals surface area contributed by atoms with E-state index in [1.54, 1.807) is 18.2 Å². The molecule has 2 aromatic carbocycles. The molecule has 0 fully saturated rings. The smallest absolute Gasteiger partial charge is 0.251 e. The van der Waals surface area contributed by atoms with E-state index in [2.05, 4.69) is 16.0 Å². The lowest BCUT2D eigenvalue weighted by atomic mass is 10.1. The van der Waals surface area contributed by atoms with Crippen molar-refractivity contribution in [1.82, 2.24) is 10.6 Å². The molecule has 3 N–H and O–H groups in total. The third-order valence-corrected chi connectivity index (χ3v) is 4.15. The monoisotopic (exact) mass is 353 g/mol. The molecular formula is C21H27N3O2. The highest BCUT2D eigenvalue weighted by Gasteiger charge is 2.09. The van der Waals surface area contributed by atoms with Crippen LogP contribution in [0.1, 0.15) is 36.2 Å². The fraction of sp³-hybridized carbons (Fsp3) is 0.333. The third-order valence-electron chi connectivity index (χ3n) is 4.15. The number of hydrogen-bond acceptors (Lipinski definition) is 3. The van der Waals surface area contributed by atoms with Gasteiger partial charge in [-0.1, -0.05) is 43.3 Å². The van der Waals surface area contributed by atoms with Gasteiger partial charge in [-0.25, -0.2) is 0 Å². The number of nitrogens with one attached hydrogen (secondary N) is 3. The van der Waals surface area contributed by atoms with Crippen LogP contribution in [0.15, 0.2) is 54.6 Å². The second-order valence-corrected chi connectivity index (χ2v) is 6.30. The van der Waals surface area contributed by atoms with Crippen molar-refractivity contribution in [1.29, 1.82) is 0 Å². The van der Waals surface area contributed by atoms with Gasteiger partial charge in [0.15, 0.2) is 0 Å². The van der Waals surface area contributed by atoms with E-state index in [0.717, 1.165) is 18.5 Å². The van der Waals surface area contributed by atoms with Crippen LogP contribution in [0.4, 0.5) is 5.69 Å². The predicted octanol–water partition coefficient (Wildman–Crippen LogP) is 2.99. The van der Waals surface area contributed by atoms with Crippen molar-refractivity contribution in [2.45, 2.75) is 32.7 Å². The molecule has 0 heterocycles. The van der Waals surface area contributed by atoms with Crippen LogP contribution in [0.3, 0.4) is 0 Å². The van der Waals surface area contributed by atoms with Crippen molar-refractivity contribution in [3.8, 4) is 0 Å². The molecule has 26 heavy (non-hydrogen) atoms. The number of anilines is 1. The van der Waals surface area contributed by atoms with Crippen LogP contribution in [-0.4, -0.2) is 30.9 Å². The van der Waals surface area contributed by atoms with Crippen LogP contribution < -0.4 is 16.0 Å². The molecule has 1 atom stereocenters. The molecule has 0 aromatic heterocycles. The molecule has 1 unspecified atom stereocenters. The number of hydrogen-bond donors (Lipinski definition) is 3. The van der Waals surface area contributed by atoms with Gasteiger partial charge in [-0.2, -0.15) is 0 Å². The summed E-state index contributed by atoms with van der Waals surface area (Å²) in [6, 6.07) is 17.3. The van der Waals surface area contributed by atoms with Gasteiger partial charge in [0, 0.05) is 23.8 Å². The molecule has 0 saturated carbocycles. The molecule has 138 valence electrons. The van der Waals surface area contributed by atoms with Crippen molar-refractivity contribution in [3.63, 3.8) is 0 Å². The average molecular weight is 353 g/mol. The Morgan fingerprint density at radius 3 is 2.54 bits per heavy atom. The van der Waals surface area contributed by atoms with Crippen LogP contribution in [0.5, 0.6) is 0 Å². The molecule has 0 aliphatic rings. The molecule has 0 saturated heterocycles. The summed E-state index contributed by atoms with van der Waals surface area (Å²) >= 11 is 0. The number of carbonyl (C=O) groups is 2. The number of carbonyl (C=O) groups excluding carboxylic acids is 2. The Morgan fingerprint density at radius 1 is 1.04 bits per heavy atom. The lowest BCUT2D eigenvalue weighted by molar-refractivity contribution is -0.119. The fourth-order valence-corrected chi connectivity index (χ4v) is 2.42. The van der Waals surface area contributed by atoms with Gasteiger partial charge in [0.05, 0.1) is 6.54 Å². The van der Waals surface area contributed by atoms with E-state index in [-0.39, 0.29) is 24.4 Å². The molecule has 5 nitrogen and oxygen atoms in total. The summed E-state index contributed by atoms with van der Waals surface area (Å²) in [4.78, 5) is 24.1. The lowest BCUT2D eigenvalue weighted by Gasteiger charge is -2.12. The van der Waals surface area contributed by atoms with Crippen LogP contribution in [0.2, 0.25) is 0 Å². The van der Waals surface area contributed by atoms with Gasteiger partial charge in [0.2, 0.25) is 5.91 Å². The zero-order valence-electron chi connectivity index (χ0n) is 15.4. The van der Waals surface area contributed by atoms with E-state index < -0.39 is 0 Å². The molecule has 5 heteroatoms. The van der Waals surface area contributed by atoms with E-state index in [1.165, 1.54) is 5.56 Å². The van der Waals surface area contributed by atoms with E-state index >= 15 is 0 Å². The lowest BCUT2D eigenvalue weighted by Crippen LogP contribution is -2.32. The first kappa shape index (κ1) is 19.5. The normalized spacial score (nSPS) is 11.5. The number of amides is 2. The Morgan fingerprint density at radius 2 is 1.81 bits per heavy atom. The first-order valence-corrected chi connectivity index (χ1v) is 9.04. The summed E-state index contributed by atoms with van der Waals surface area (Å²) in [7, 11) is 0. The molecular weight excluding hydrogens is 326 g/mol. The maximum absolute atomic E-state index is 12.2. The quantitative estimate of drug-likeness (QED) is 0.649. The predicted molar refractivity (Wildman–Crippen MR) is 105 cm³/mol. The molecule has 0 radical (unpaired) electrons. The topological polar surface area (TPSA) is 70.2 Å². The minimum atomic E-state index is -0.102. The van der Waals surface area contributed by atoms with Crippen LogP contribution >= 0.6 is 0 Å². The molecule has 0 spiro atoms. The zero-order chi connectivity index (χ0) is 18.8. The van der Waals surface area contributed by atoms with Gasteiger partial charge >= 0.3 is 0 Å². The second kappa shape index (κ2) is 10.2. The van der Waals surface area contributed by atoms with Crippen LogP contribution in [-0.2, 0) is 11.2 Å². The molecule has 2 aromatic rings. The van der Waals surface area contributed by atoms with Gasteiger partial charge < -0.3 is 16.0 Å². The summed E-state index contributed by atoms with van der Waals surface area (Å²) in [5.41, 5.74) is 2.53. The average Bonchev–Trinajstić information content (AvgIpc) is 2.67. The first-order chi connectivity index (χ1) is 12.6. The fourth-order valence-electron chi connectivity index (χ4n) is 2.42. The highest BCUT2D eigenvalue weighted by atomic mass is 16.2. The highest BCUT2D eigenvalue weighted by Crippen LogP contribution is 2.10. The summed E-state index contributed by atoms with van der Waals surface area (Å²) in [5, 5.41) is 8.89. The van der Waals surface area contributed by atoms with Gasteiger partial charge in [-0.3, -0.25) is 9.59 Å². The molecule has 0 aliphatic heterocycles. The van der Waals surface area contributed by atoms with Gasteiger partial charge in [0.1, 0.15) is 0 Å². The minimum Gasteiger partial charge on any atom is -0.376 e. The molecule has 2 rings (SSSR count). The van der Waals surface area contributed by atoms with Crippen molar-refractivity contribution in [2.24, 2.45) is 0 Å². The standard InChI is InChI=1S/C21H27N3O2/c1-3-16(2)24-21(26)18-10-7-11-19(14-18)23-15-20(25)22-13-12-17-8-5-4-6-9-17/h4-11,14,16,23H,3,12-13,15H2,1-2H3,(H,22,25)(H,24,26). The van der Waals surface area contributed by atoms with Crippen molar-refractivity contribution in [3.05, 3.63) is 65.7 Å². The van der Waals surface area contributed by atoms with Crippen LogP contribution in [0, 0.1) is 0 Å². The Balaban J connectivity index is 1.77. The highest BCUT2D eigenvalue weighted by molar-refractivity contribution is 5.95. The third kappa shape index (κ3) is 6.59. The van der Waals surface area contributed by atoms with Crippen molar-refractivity contribution >= 4 is 17.5 Å². The molecule has 0 bridgehead atoms. The Hall–Kier alpha value is -2.82. The van der Waals surface area contributed by atoms with Crippen molar-refractivity contribution < 1.29 is 9.59 Å². The van der Waals surface area contributed by atoms with E-state index in [4.69, 9.17) is 0 Å². The number of rotatable bonds is 9. The second-order valence-electron chi connectivity index (χ2n) is 6.30. The Kier molecular flexibility index (Phi) is 7.68. The SMILES string of the molecule is CCC(C)NC(=O)c1cccc(NCC(=O)NCCc2ccccc2)c1. The largest absolute Gasteiger partial charge is 0.376 e. The van der Waals surface area contributed by atoms with Gasteiger partial charge in [-0.15, -0.1) is 0 Å². The van der Waals surface area contributed by atoms with E-state index in [9.17, 15) is 9.59 Å². The maximum Gasteiger partial charge on any atom is 0.251 e. The van der Waals surface area contributed by atoms with Gasteiger partial charge in [0.25, 0.3) is 5.91 Å². The van der Waals surface area contributed by atoms with E-state index in [0.29, 0.717) is 12.1 Å². The summed E-state index contributed by atoms with van der Waals surface area (Å²) in [6.45, 7) is 4.77. The molecule has 2 amide bonds. The molecule has 0 aliphatic carbocycles. The van der Waals surface area contributed by atoms with E-state index in [1.807, 2.05) is 50.2 Å². The minimum absolute atomic E-state index is 0.0737. The first-order valence-electron chi connectivity index (χ1n) is 9.04. The van der Waals surface area contributed by atoms with Crippen molar-refractivity contribution in [2.75, 3.05) is 18.4 Å².